The van der Waals surface area contributed by atoms with Crippen LogP contribution in [-0.4, -0.2) is 35.5 Å². The molecule has 1 aromatic heterocycles. The minimum atomic E-state index is 0.196. The molecule has 0 spiro atoms. The highest BCUT2D eigenvalue weighted by Gasteiger charge is 2.14. The third kappa shape index (κ3) is 4.43. The molecule has 0 saturated heterocycles. The van der Waals surface area contributed by atoms with E-state index < -0.39 is 0 Å². The van der Waals surface area contributed by atoms with E-state index in [1.54, 1.807) is 6.20 Å². The van der Waals surface area contributed by atoms with Gasteiger partial charge in [-0.3, -0.25) is 0 Å². The smallest absolute Gasteiger partial charge is 0.221 e. The zero-order chi connectivity index (χ0) is 15.2. The summed E-state index contributed by atoms with van der Waals surface area (Å²) in [6, 6.07) is 10.6. The lowest BCUT2D eigenvalue weighted by Gasteiger charge is -2.22. The second-order valence-corrected chi connectivity index (χ2v) is 5.46. The third-order valence-electron chi connectivity index (χ3n) is 3.37. The molecule has 112 valence electrons. The maximum atomic E-state index is 5.69. The van der Waals surface area contributed by atoms with Gasteiger partial charge in [0.15, 0.2) is 0 Å². The molecule has 0 aliphatic carbocycles. The highest BCUT2D eigenvalue weighted by molar-refractivity contribution is 5.47. The van der Waals surface area contributed by atoms with Crippen LogP contribution in [-0.2, 0) is 0 Å². The maximum Gasteiger partial charge on any atom is 0.221 e. The lowest BCUT2D eigenvalue weighted by Crippen LogP contribution is -2.21. The predicted octanol–water partition coefficient (Wildman–Crippen LogP) is 2.47. The second kappa shape index (κ2) is 7.04. The van der Waals surface area contributed by atoms with E-state index in [1.807, 2.05) is 13.0 Å². The van der Waals surface area contributed by atoms with Gasteiger partial charge in [0.25, 0.3) is 0 Å². The Morgan fingerprint density at radius 2 is 1.95 bits per heavy atom. The zero-order valence-electron chi connectivity index (χ0n) is 12.9. The molecule has 5 heteroatoms. The van der Waals surface area contributed by atoms with Gasteiger partial charge in [0, 0.05) is 11.8 Å². The van der Waals surface area contributed by atoms with Crippen molar-refractivity contribution in [3.63, 3.8) is 0 Å². The average Bonchev–Trinajstić information content (AvgIpc) is 2.47. The minimum Gasteiger partial charge on any atom is -0.368 e. The van der Waals surface area contributed by atoms with E-state index in [0.29, 0.717) is 5.95 Å². The highest BCUT2D eigenvalue weighted by atomic mass is 15.1. The SMILES string of the molecule is Cc1cnc(N)nc1NC(CCN(C)C)c1ccccc1. The third-order valence-corrected chi connectivity index (χ3v) is 3.37. The van der Waals surface area contributed by atoms with Crippen molar-refractivity contribution in [2.75, 3.05) is 31.7 Å². The summed E-state index contributed by atoms with van der Waals surface area (Å²) in [6.45, 7) is 2.97. The van der Waals surface area contributed by atoms with Crippen LogP contribution < -0.4 is 11.1 Å². The number of rotatable bonds is 6. The van der Waals surface area contributed by atoms with E-state index >= 15 is 0 Å². The lowest BCUT2D eigenvalue weighted by atomic mass is 10.0. The van der Waals surface area contributed by atoms with E-state index in [4.69, 9.17) is 5.73 Å². The summed E-state index contributed by atoms with van der Waals surface area (Å²) in [5.41, 5.74) is 7.94. The standard InChI is InChI=1S/C16H23N5/c1-12-11-18-16(17)20-15(12)19-14(9-10-21(2)3)13-7-5-4-6-8-13/h4-8,11,14H,9-10H2,1-3H3,(H3,17,18,19,20). The van der Waals surface area contributed by atoms with Crippen molar-refractivity contribution in [3.8, 4) is 0 Å². The number of hydrogen-bond acceptors (Lipinski definition) is 5. The van der Waals surface area contributed by atoms with Gasteiger partial charge >= 0.3 is 0 Å². The van der Waals surface area contributed by atoms with Crippen LogP contribution in [0.1, 0.15) is 23.6 Å². The molecule has 0 fully saturated rings. The summed E-state index contributed by atoms with van der Waals surface area (Å²) in [6.07, 6.45) is 2.74. The van der Waals surface area contributed by atoms with E-state index in [-0.39, 0.29) is 6.04 Å². The lowest BCUT2D eigenvalue weighted by molar-refractivity contribution is 0.387. The molecule has 5 nitrogen and oxygen atoms in total. The van der Waals surface area contributed by atoms with Crippen molar-refractivity contribution in [2.24, 2.45) is 0 Å². The van der Waals surface area contributed by atoms with Gasteiger partial charge in [-0.15, -0.1) is 0 Å². The Balaban J connectivity index is 2.21. The molecular weight excluding hydrogens is 262 g/mol. The van der Waals surface area contributed by atoms with Gasteiger partial charge in [-0.1, -0.05) is 30.3 Å². The van der Waals surface area contributed by atoms with Gasteiger partial charge in [0.1, 0.15) is 5.82 Å². The van der Waals surface area contributed by atoms with E-state index in [9.17, 15) is 0 Å². The van der Waals surface area contributed by atoms with Crippen LogP contribution >= 0.6 is 0 Å². The molecule has 0 saturated carbocycles. The van der Waals surface area contributed by atoms with Crippen LogP contribution in [0.2, 0.25) is 0 Å². The van der Waals surface area contributed by atoms with Crippen LogP contribution in [0.3, 0.4) is 0 Å². The molecule has 1 atom stereocenters. The molecule has 1 heterocycles. The van der Waals surface area contributed by atoms with Crippen molar-refractivity contribution in [3.05, 3.63) is 47.7 Å². The Labute approximate surface area is 126 Å². The molecule has 0 aliphatic heterocycles. The summed E-state index contributed by atoms with van der Waals surface area (Å²) in [7, 11) is 4.16. The highest BCUT2D eigenvalue weighted by Crippen LogP contribution is 2.23. The Morgan fingerprint density at radius 3 is 2.62 bits per heavy atom. The monoisotopic (exact) mass is 285 g/mol. The average molecular weight is 285 g/mol. The zero-order valence-corrected chi connectivity index (χ0v) is 12.9. The van der Waals surface area contributed by atoms with Crippen molar-refractivity contribution in [1.82, 2.24) is 14.9 Å². The maximum absolute atomic E-state index is 5.69. The van der Waals surface area contributed by atoms with Gasteiger partial charge in [0.05, 0.1) is 6.04 Å². The minimum absolute atomic E-state index is 0.196. The van der Waals surface area contributed by atoms with Crippen LogP contribution in [0, 0.1) is 6.92 Å². The normalized spacial score (nSPS) is 12.4. The molecule has 0 aliphatic rings. The quantitative estimate of drug-likeness (QED) is 0.853. The fraction of sp³-hybridized carbons (Fsp3) is 0.375. The number of nitrogens with zero attached hydrogens (tertiary/aromatic N) is 3. The van der Waals surface area contributed by atoms with Gasteiger partial charge in [-0.05, 0) is 39.5 Å². The van der Waals surface area contributed by atoms with Gasteiger partial charge < -0.3 is 16.0 Å². The molecular formula is C16H23N5. The molecule has 2 aromatic rings. The van der Waals surface area contributed by atoms with Gasteiger partial charge in [-0.2, -0.15) is 4.98 Å². The van der Waals surface area contributed by atoms with Crippen molar-refractivity contribution in [1.29, 1.82) is 0 Å². The van der Waals surface area contributed by atoms with Crippen molar-refractivity contribution < 1.29 is 0 Å². The molecule has 1 aromatic carbocycles. The van der Waals surface area contributed by atoms with Crippen LogP contribution in [0.25, 0.3) is 0 Å². The first kappa shape index (κ1) is 15.3. The van der Waals surface area contributed by atoms with Crippen LogP contribution in [0.15, 0.2) is 36.5 Å². The fourth-order valence-corrected chi connectivity index (χ4v) is 2.16. The summed E-state index contributed by atoms with van der Waals surface area (Å²) >= 11 is 0. The largest absolute Gasteiger partial charge is 0.368 e. The van der Waals surface area contributed by atoms with Crippen molar-refractivity contribution in [2.45, 2.75) is 19.4 Å². The van der Waals surface area contributed by atoms with Gasteiger partial charge in [0.2, 0.25) is 5.95 Å². The molecule has 3 N–H and O–H groups in total. The Hall–Kier alpha value is -2.14. The number of nitrogen functional groups attached to an aromatic ring is 1. The van der Waals surface area contributed by atoms with Crippen LogP contribution in [0.4, 0.5) is 11.8 Å². The number of anilines is 2. The number of benzene rings is 1. The molecule has 0 bridgehead atoms. The summed E-state index contributed by atoms with van der Waals surface area (Å²) in [4.78, 5) is 10.5. The first-order valence-electron chi connectivity index (χ1n) is 7.11. The first-order chi connectivity index (χ1) is 10.1. The topological polar surface area (TPSA) is 67.1 Å². The Morgan fingerprint density at radius 1 is 1.24 bits per heavy atom. The fourth-order valence-electron chi connectivity index (χ4n) is 2.16. The van der Waals surface area contributed by atoms with Crippen LogP contribution in [0.5, 0.6) is 0 Å². The van der Waals surface area contributed by atoms with Gasteiger partial charge in [-0.25, -0.2) is 4.98 Å². The van der Waals surface area contributed by atoms with Crippen molar-refractivity contribution >= 4 is 11.8 Å². The number of aromatic nitrogens is 2. The number of hydrogen-bond donors (Lipinski definition) is 2. The summed E-state index contributed by atoms with van der Waals surface area (Å²) in [5.74, 6) is 1.10. The number of nitrogens with one attached hydrogen (secondary N) is 1. The molecule has 2 rings (SSSR count). The molecule has 0 radical (unpaired) electrons. The second-order valence-electron chi connectivity index (χ2n) is 5.46. The molecule has 0 amide bonds. The van der Waals surface area contributed by atoms with E-state index in [0.717, 1.165) is 24.3 Å². The first-order valence-corrected chi connectivity index (χ1v) is 7.11. The predicted molar refractivity (Wildman–Crippen MR) is 87.2 cm³/mol. The molecule has 21 heavy (non-hydrogen) atoms. The van der Waals surface area contributed by atoms with E-state index in [1.165, 1.54) is 5.56 Å². The Bertz CT molecular complexity index is 568. The number of nitrogens with two attached hydrogens (primary N) is 1. The van der Waals surface area contributed by atoms with E-state index in [2.05, 4.69) is 58.5 Å². The molecule has 1 unspecified atom stereocenters. The number of aryl methyl sites for hydroxylation is 1. The Kier molecular flexibility index (Phi) is 5.11. The summed E-state index contributed by atoms with van der Waals surface area (Å²) in [5, 5.41) is 3.50. The summed E-state index contributed by atoms with van der Waals surface area (Å²) < 4.78 is 0.